The van der Waals surface area contributed by atoms with E-state index in [0.717, 1.165) is 11.1 Å². The molecule has 6 nitrogen and oxygen atoms in total. The van der Waals surface area contributed by atoms with Gasteiger partial charge in [0.1, 0.15) is 0 Å². The normalized spacial score (nSPS) is 12.2. The van der Waals surface area contributed by atoms with Crippen molar-refractivity contribution in [3.8, 4) is 11.5 Å². The molecule has 1 amide bonds. The topological polar surface area (TPSA) is 73.9 Å². The quantitative estimate of drug-likeness (QED) is 0.657. The molecule has 1 aliphatic heterocycles. The smallest absolute Gasteiger partial charge is 0.338 e. The van der Waals surface area contributed by atoms with E-state index in [1.165, 1.54) is 6.08 Å². The van der Waals surface area contributed by atoms with E-state index in [1.807, 2.05) is 13.0 Å². The molecular weight excluding hydrogens is 334 g/mol. The van der Waals surface area contributed by atoms with Crippen LogP contribution in [0.3, 0.4) is 0 Å². The van der Waals surface area contributed by atoms with Crippen LogP contribution >= 0.6 is 0 Å². The van der Waals surface area contributed by atoms with Crippen molar-refractivity contribution in [1.29, 1.82) is 0 Å². The summed E-state index contributed by atoms with van der Waals surface area (Å²) in [6.45, 7) is 4.10. The Morgan fingerprint density at radius 2 is 1.96 bits per heavy atom. The first-order valence-corrected chi connectivity index (χ1v) is 8.23. The number of nitrogens with one attached hydrogen (secondary N) is 1. The second-order valence-corrected chi connectivity index (χ2v) is 5.69. The Balaban J connectivity index is 1.69. The number of hydrogen-bond acceptors (Lipinski definition) is 5. The summed E-state index contributed by atoms with van der Waals surface area (Å²) in [5, 5.41) is 2.78. The molecule has 1 heterocycles. The van der Waals surface area contributed by atoms with Gasteiger partial charge in [0.2, 0.25) is 12.7 Å². The lowest BCUT2D eigenvalue weighted by Crippen LogP contribution is -2.11. The number of carbonyl (C=O) groups excluding carboxylic acids is 2. The number of ether oxygens (including phenoxy) is 3. The Hall–Kier alpha value is -3.28. The zero-order valence-electron chi connectivity index (χ0n) is 14.6. The summed E-state index contributed by atoms with van der Waals surface area (Å²) in [7, 11) is 0. The highest BCUT2D eigenvalue weighted by Gasteiger charge is 2.13. The van der Waals surface area contributed by atoms with Crippen LogP contribution in [0.1, 0.15) is 28.4 Å². The van der Waals surface area contributed by atoms with Crippen LogP contribution in [0.25, 0.3) is 6.08 Å². The molecule has 0 saturated heterocycles. The monoisotopic (exact) mass is 353 g/mol. The molecule has 0 bridgehead atoms. The van der Waals surface area contributed by atoms with E-state index >= 15 is 0 Å². The van der Waals surface area contributed by atoms with E-state index < -0.39 is 5.97 Å². The first kappa shape index (κ1) is 17.5. The number of rotatable bonds is 5. The maximum atomic E-state index is 12.2. The van der Waals surface area contributed by atoms with Gasteiger partial charge in [-0.1, -0.05) is 12.1 Å². The SMILES string of the molecule is CCOC(=O)c1ccc(C)c(NC(=O)/C=C/c2ccc3c(c2)OCO3)c1. The number of anilines is 1. The van der Waals surface area contributed by atoms with Crippen LogP contribution in [0.2, 0.25) is 0 Å². The first-order valence-electron chi connectivity index (χ1n) is 8.23. The largest absolute Gasteiger partial charge is 0.462 e. The number of carbonyl (C=O) groups is 2. The van der Waals surface area contributed by atoms with Gasteiger partial charge >= 0.3 is 5.97 Å². The van der Waals surface area contributed by atoms with Crippen molar-refractivity contribution in [3.05, 3.63) is 59.2 Å². The zero-order chi connectivity index (χ0) is 18.5. The molecule has 0 unspecified atom stereocenters. The van der Waals surface area contributed by atoms with Crippen molar-refractivity contribution < 1.29 is 23.8 Å². The summed E-state index contributed by atoms with van der Waals surface area (Å²) in [6.07, 6.45) is 3.11. The Kier molecular flexibility index (Phi) is 5.22. The average Bonchev–Trinajstić information content (AvgIpc) is 3.10. The molecule has 0 aromatic heterocycles. The van der Waals surface area contributed by atoms with Gasteiger partial charge in [0, 0.05) is 11.8 Å². The third-order valence-corrected chi connectivity index (χ3v) is 3.83. The molecule has 1 N–H and O–H groups in total. The van der Waals surface area contributed by atoms with Gasteiger partial charge in [-0.05, 0) is 55.3 Å². The molecule has 2 aromatic rings. The predicted molar refractivity (Wildman–Crippen MR) is 97.4 cm³/mol. The Morgan fingerprint density at radius 3 is 2.77 bits per heavy atom. The third kappa shape index (κ3) is 4.03. The maximum absolute atomic E-state index is 12.2. The van der Waals surface area contributed by atoms with E-state index in [2.05, 4.69) is 5.32 Å². The molecule has 1 aliphatic rings. The molecular formula is C20H19NO5. The van der Waals surface area contributed by atoms with Gasteiger partial charge in [0.05, 0.1) is 12.2 Å². The third-order valence-electron chi connectivity index (χ3n) is 3.83. The predicted octanol–water partition coefficient (Wildman–Crippen LogP) is 3.55. The van der Waals surface area contributed by atoms with Crippen LogP contribution < -0.4 is 14.8 Å². The van der Waals surface area contributed by atoms with Gasteiger partial charge in [0.15, 0.2) is 11.5 Å². The first-order chi connectivity index (χ1) is 12.6. The molecule has 0 fully saturated rings. The van der Waals surface area contributed by atoms with E-state index in [1.54, 1.807) is 43.3 Å². The number of amides is 1. The summed E-state index contributed by atoms with van der Waals surface area (Å²) in [5.41, 5.74) is 2.63. The molecule has 6 heteroatoms. The molecule has 26 heavy (non-hydrogen) atoms. The van der Waals surface area contributed by atoms with E-state index in [9.17, 15) is 9.59 Å². The van der Waals surface area contributed by atoms with Crippen LogP contribution in [-0.2, 0) is 9.53 Å². The minimum Gasteiger partial charge on any atom is -0.462 e. The molecule has 3 rings (SSSR count). The summed E-state index contributed by atoms with van der Waals surface area (Å²) in [4.78, 5) is 24.0. The van der Waals surface area contributed by atoms with Gasteiger partial charge in [-0.2, -0.15) is 0 Å². The van der Waals surface area contributed by atoms with Gasteiger partial charge in [0.25, 0.3) is 0 Å². The Morgan fingerprint density at radius 1 is 1.15 bits per heavy atom. The second-order valence-electron chi connectivity index (χ2n) is 5.69. The average molecular weight is 353 g/mol. The summed E-state index contributed by atoms with van der Waals surface area (Å²) >= 11 is 0. The molecule has 0 aliphatic carbocycles. The molecule has 0 saturated carbocycles. The van der Waals surface area contributed by atoms with Gasteiger partial charge < -0.3 is 19.5 Å². The van der Waals surface area contributed by atoms with Crippen molar-refractivity contribution in [3.63, 3.8) is 0 Å². The number of hydrogen-bond donors (Lipinski definition) is 1. The number of esters is 1. The lowest BCUT2D eigenvalue weighted by Gasteiger charge is -2.09. The highest BCUT2D eigenvalue weighted by atomic mass is 16.7. The highest BCUT2D eigenvalue weighted by Crippen LogP contribution is 2.32. The van der Waals surface area contributed by atoms with E-state index in [-0.39, 0.29) is 12.7 Å². The van der Waals surface area contributed by atoms with E-state index in [0.29, 0.717) is 29.4 Å². The lowest BCUT2D eigenvalue weighted by molar-refractivity contribution is -0.111. The van der Waals surface area contributed by atoms with Crippen molar-refractivity contribution >= 4 is 23.6 Å². The van der Waals surface area contributed by atoms with E-state index in [4.69, 9.17) is 14.2 Å². The molecule has 0 radical (unpaired) electrons. The van der Waals surface area contributed by atoms with Gasteiger partial charge in [-0.3, -0.25) is 4.79 Å². The lowest BCUT2D eigenvalue weighted by atomic mass is 10.1. The molecule has 0 atom stereocenters. The Labute approximate surface area is 151 Å². The van der Waals surface area contributed by atoms with Gasteiger partial charge in [-0.15, -0.1) is 0 Å². The molecule has 2 aromatic carbocycles. The van der Waals surface area contributed by atoms with Crippen molar-refractivity contribution in [2.24, 2.45) is 0 Å². The van der Waals surface area contributed by atoms with Crippen LogP contribution in [0.5, 0.6) is 11.5 Å². The fourth-order valence-corrected chi connectivity index (χ4v) is 2.46. The molecule has 134 valence electrons. The fourth-order valence-electron chi connectivity index (χ4n) is 2.46. The number of benzene rings is 2. The maximum Gasteiger partial charge on any atom is 0.338 e. The standard InChI is InChI=1S/C20H19NO5/c1-3-24-20(23)15-7-4-13(2)16(11-15)21-19(22)9-6-14-5-8-17-18(10-14)26-12-25-17/h4-11H,3,12H2,1-2H3,(H,21,22)/b9-6+. The van der Waals surface area contributed by atoms with Crippen molar-refractivity contribution in [2.45, 2.75) is 13.8 Å². The summed E-state index contributed by atoms with van der Waals surface area (Å²) in [5.74, 6) is 0.634. The van der Waals surface area contributed by atoms with Crippen molar-refractivity contribution in [2.75, 3.05) is 18.7 Å². The molecule has 0 spiro atoms. The summed E-state index contributed by atoms with van der Waals surface area (Å²) in [6, 6.07) is 10.5. The highest BCUT2D eigenvalue weighted by molar-refractivity contribution is 6.03. The minimum atomic E-state index is -0.418. The van der Waals surface area contributed by atoms with Crippen molar-refractivity contribution in [1.82, 2.24) is 0 Å². The fraction of sp³-hybridized carbons (Fsp3) is 0.200. The number of fused-ring (bicyclic) bond motifs is 1. The van der Waals surface area contributed by atoms with Crippen LogP contribution in [0, 0.1) is 6.92 Å². The minimum absolute atomic E-state index is 0.207. The second kappa shape index (κ2) is 7.74. The Bertz CT molecular complexity index is 873. The van der Waals surface area contributed by atoms with Crippen LogP contribution in [0.15, 0.2) is 42.5 Å². The van der Waals surface area contributed by atoms with Gasteiger partial charge in [-0.25, -0.2) is 4.79 Å². The van der Waals surface area contributed by atoms with Crippen LogP contribution in [-0.4, -0.2) is 25.3 Å². The zero-order valence-corrected chi connectivity index (χ0v) is 14.6. The summed E-state index contributed by atoms with van der Waals surface area (Å²) < 4.78 is 15.5. The number of aryl methyl sites for hydroxylation is 1. The van der Waals surface area contributed by atoms with Crippen LogP contribution in [0.4, 0.5) is 5.69 Å².